The zero-order chi connectivity index (χ0) is 34.1. The number of nitrogens with zero attached hydrogens (tertiary/aromatic N) is 2. The van der Waals surface area contributed by atoms with Crippen molar-refractivity contribution >= 4 is 5.97 Å². The number of aliphatic carboxylic acids is 1. The number of alkyl halides is 3. The Morgan fingerprint density at radius 2 is 1.62 bits per heavy atom. The summed E-state index contributed by atoms with van der Waals surface area (Å²) in [6.45, 7) is 1.30. The van der Waals surface area contributed by atoms with Crippen molar-refractivity contribution < 1.29 is 32.2 Å². The molecule has 8 nitrogen and oxygen atoms in total. The van der Waals surface area contributed by atoms with Crippen molar-refractivity contribution in [2.75, 3.05) is 13.2 Å². The first-order valence-corrected chi connectivity index (χ1v) is 15.3. The van der Waals surface area contributed by atoms with E-state index in [4.69, 9.17) is 15.6 Å². The van der Waals surface area contributed by atoms with Crippen LogP contribution < -0.4 is 21.7 Å². The van der Waals surface area contributed by atoms with E-state index in [1.165, 1.54) is 6.92 Å². The number of carboxylic acid groups (broad SMARTS) is 1. The maximum absolute atomic E-state index is 15.0. The van der Waals surface area contributed by atoms with Gasteiger partial charge in [-0.15, -0.1) is 0 Å². The lowest BCUT2D eigenvalue weighted by atomic mass is 10.0. The predicted molar refractivity (Wildman–Crippen MR) is 170 cm³/mol. The first-order valence-electron chi connectivity index (χ1n) is 15.3. The lowest BCUT2D eigenvalue weighted by Gasteiger charge is -2.20. The van der Waals surface area contributed by atoms with Crippen molar-refractivity contribution in [2.24, 2.45) is 5.73 Å². The summed E-state index contributed by atoms with van der Waals surface area (Å²) in [5, 5.41) is 8.81. The van der Waals surface area contributed by atoms with Gasteiger partial charge in [0.2, 0.25) is 0 Å². The SMILES string of the molecule is Cc1c(-c2cccc(OCCCCCC(=O)O)c2)c(=O)n(CCc2ccccc2CCN)c(=O)n1Cc1c(F)cccc1C(F)(F)F. The molecule has 3 N–H and O–H groups in total. The number of rotatable bonds is 15. The van der Waals surface area contributed by atoms with Gasteiger partial charge in [-0.2, -0.15) is 13.2 Å². The van der Waals surface area contributed by atoms with Crippen molar-refractivity contribution in [3.8, 4) is 16.9 Å². The summed E-state index contributed by atoms with van der Waals surface area (Å²) in [5.74, 6) is -1.58. The van der Waals surface area contributed by atoms with Gasteiger partial charge in [0.05, 0.1) is 24.3 Å². The van der Waals surface area contributed by atoms with Crippen LogP contribution in [0.5, 0.6) is 5.75 Å². The van der Waals surface area contributed by atoms with E-state index in [2.05, 4.69) is 0 Å². The maximum Gasteiger partial charge on any atom is 0.416 e. The number of carbonyl (C=O) groups is 1. The van der Waals surface area contributed by atoms with Crippen molar-refractivity contribution in [3.05, 3.63) is 121 Å². The van der Waals surface area contributed by atoms with Crippen LogP contribution in [0, 0.1) is 12.7 Å². The van der Waals surface area contributed by atoms with E-state index < -0.39 is 46.9 Å². The number of ether oxygens (including phenoxy) is 1. The third kappa shape index (κ3) is 8.76. The third-order valence-corrected chi connectivity index (χ3v) is 7.99. The highest BCUT2D eigenvalue weighted by atomic mass is 19.4. The van der Waals surface area contributed by atoms with Crippen molar-refractivity contribution in [2.45, 2.75) is 64.7 Å². The number of halogens is 4. The fourth-order valence-corrected chi connectivity index (χ4v) is 5.58. The van der Waals surface area contributed by atoms with Crippen LogP contribution in [0.2, 0.25) is 0 Å². The summed E-state index contributed by atoms with van der Waals surface area (Å²) in [5.41, 5.74) is 4.65. The first-order chi connectivity index (χ1) is 22.4. The molecule has 0 aliphatic heterocycles. The lowest BCUT2D eigenvalue weighted by molar-refractivity contribution is -0.138. The number of aromatic nitrogens is 2. The highest BCUT2D eigenvalue weighted by molar-refractivity contribution is 5.67. The number of nitrogens with two attached hydrogens (primary N) is 1. The topological polar surface area (TPSA) is 117 Å². The average Bonchev–Trinajstić information content (AvgIpc) is 3.02. The molecule has 0 saturated heterocycles. The van der Waals surface area contributed by atoms with E-state index in [0.717, 1.165) is 38.5 Å². The highest BCUT2D eigenvalue weighted by Gasteiger charge is 2.35. The number of hydrogen-bond acceptors (Lipinski definition) is 5. The minimum atomic E-state index is -4.88. The summed E-state index contributed by atoms with van der Waals surface area (Å²) >= 11 is 0. The number of hydrogen-bond donors (Lipinski definition) is 2. The monoisotopic (exact) mass is 655 g/mol. The van der Waals surface area contributed by atoms with Crippen LogP contribution in [-0.2, 0) is 36.9 Å². The second-order valence-corrected chi connectivity index (χ2v) is 11.2. The molecule has 0 atom stereocenters. The predicted octanol–water partition coefficient (Wildman–Crippen LogP) is 5.96. The van der Waals surface area contributed by atoms with Crippen LogP contribution >= 0.6 is 0 Å². The number of unbranched alkanes of at least 4 members (excludes halogenated alkanes) is 2. The zero-order valence-electron chi connectivity index (χ0n) is 26.0. The third-order valence-electron chi connectivity index (χ3n) is 7.99. The lowest BCUT2D eigenvalue weighted by Crippen LogP contribution is -2.43. The molecule has 47 heavy (non-hydrogen) atoms. The second kappa shape index (κ2) is 15.7. The maximum atomic E-state index is 15.0. The number of carboxylic acids is 1. The van der Waals surface area contributed by atoms with E-state index in [1.807, 2.05) is 24.3 Å². The minimum Gasteiger partial charge on any atom is -0.494 e. The Morgan fingerprint density at radius 3 is 2.30 bits per heavy atom. The molecule has 0 amide bonds. The molecule has 0 radical (unpaired) electrons. The van der Waals surface area contributed by atoms with E-state index in [1.54, 1.807) is 24.3 Å². The summed E-state index contributed by atoms with van der Waals surface area (Å²) < 4.78 is 64.6. The van der Waals surface area contributed by atoms with Crippen molar-refractivity contribution in [3.63, 3.8) is 0 Å². The fourth-order valence-electron chi connectivity index (χ4n) is 5.58. The molecule has 0 fully saturated rings. The molecule has 4 aromatic rings. The van der Waals surface area contributed by atoms with Gasteiger partial charge in [-0.3, -0.25) is 18.7 Å². The largest absolute Gasteiger partial charge is 0.494 e. The molecule has 0 aliphatic carbocycles. The van der Waals surface area contributed by atoms with Gasteiger partial charge in [0.25, 0.3) is 5.56 Å². The Kier molecular flexibility index (Phi) is 11.8. The second-order valence-electron chi connectivity index (χ2n) is 11.2. The highest BCUT2D eigenvalue weighted by Crippen LogP contribution is 2.34. The smallest absolute Gasteiger partial charge is 0.416 e. The van der Waals surface area contributed by atoms with Crippen LogP contribution in [0.15, 0.2) is 76.3 Å². The Bertz CT molecular complexity index is 1830. The standard InChI is InChI=1S/C35H37F4N3O5/c1-23-32(26-11-7-12-27(21-26)47-20-6-2-3-15-31(43)44)33(45)41(19-17-25-10-5-4-9-24(25)16-18-40)34(46)42(23)22-28-29(35(37,38)39)13-8-14-30(28)36/h4-5,7-14,21H,2-3,6,15-20,22,40H2,1H3,(H,43,44). The van der Waals surface area contributed by atoms with Crippen LogP contribution in [0.1, 0.15) is 53.6 Å². The molecule has 12 heteroatoms. The molecule has 0 bridgehead atoms. The van der Waals surface area contributed by atoms with Gasteiger partial charge in [-0.05, 0) is 86.5 Å². The molecule has 0 spiro atoms. The molecule has 1 aromatic heterocycles. The normalized spacial score (nSPS) is 11.5. The van der Waals surface area contributed by atoms with Crippen LogP contribution in [-0.4, -0.2) is 33.4 Å². The van der Waals surface area contributed by atoms with Gasteiger partial charge >= 0.3 is 17.8 Å². The molecule has 1 heterocycles. The van der Waals surface area contributed by atoms with Crippen molar-refractivity contribution in [1.29, 1.82) is 0 Å². The van der Waals surface area contributed by atoms with Gasteiger partial charge < -0.3 is 15.6 Å². The van der Waals surface area contributed by atoms with Crippen molar-refractivity contribution in [1.82, 2.24) is 9.13 Å². The summed E-state index contributed by atoms with van der Waals surface area (Å²) in [7, 11) is 0. The van der Waals surface area contributed by atoms with Gasteiger partial charge in [0, 0.05) is 24.2 Å². The van der Waals surface area contributed by atoms with Crippen LogP contribution in [0.4, 0.5) is 17.6 Å². The first kappa shape index (κ1) is 35.1. The summed E-state index contributed by atoms with van der Waals surface area (Å²) in [6, 6.07) is 16.6. The van der Waals surface area contributed by atoms with E-state index in [-0.39, 0.29) is 30.6 Å². The molecular formula is C35H37F4N3O5. The molecule has 0 aliphatic rings. The number of aryl methyl sites for hydroxylation is 1. The summed E-state index contributed by atoms with van der Waals surface area (Å²) in [6.07, 6.45) is -2.21. The Balaban J connectivity index is 1.78. The van der Waals surface area contributed by atoms with Gasteiger partial charge in [-0.1, -0.05) is 42.5 Å². The number of benzene rings is 3. The molecule has 0 saturated carbocycles. The van der Waals surface area contributed by atoms with Gasteiger partial charge in [-0.25, -0.2) is 9.18 Å². The fraction of sp³-hybridized carbons (Fsp3) is 0.343. The van der Waals surface area contributed by atoms with E-state index in [0.29, 0.717) is 50.1 Å². The Labute approximate surface area is 269 Å². The zero-order valence-corrected chi connectivity index (χ0v) is 26.0. The molecule has 3 aromatic carbocycles. The Hall–Kier alpha value is -4.71. The van der Waals surface area contributed by atoms with Gasteiger partial charge in [0.15, 0.2) is 0 Å². The Morgan fingerprint density at radius 1 is 0.915 bits per heavy atom. The minimum absolute atomic E-state index is 0.0622. The molecule has 0 unspecified atom stereocenters. The molecular weight excluding hydrogens is 618 g/mol. The van der Waals surface area contributed by atoms with Crippen LogP contribution in [0.3, 0.4) is 0 Å². The summed E-state index contributed by atoms with van der Waals surface area (Å²) in [4.78, 5) is 38.6. The van der Waals surface area contributed by atoms with E-state index >= 15 is 0 Å². The molecule has 250 valence electrons. The van der Waals surface area contributed by atoms with Gasteiger partial charge in [0.1, 0.15) is 11.6 Å². The molecule has 4 rings (SSSR count). The van der Waals surface area contributed by atoms with Crippen LogP contribution in [0.25, 0.3) is 11.1 Å². The van der Waals surface area contributed by atoms with E-state index in [9.17, 15) is 31.9 Å². The average molecular weight is 656 g/mol. The quantitative estimate of drug-likeness (QED) is 0.121.